The Balaban J connectivity index is 2.37. The SMILES string of the molecule is COc1ccc(C2(C)CCNC2C)cc1F. The Morgan fingerprint density at radius 2 is 2.25 bits per heavy atom. The summed E-state index contributed by atoms with van der Waals surface area (Å²) in [6, 6.07) is 5.65. The quantitative estimate of drug-likeness (QED) is 0.831. The molecule has 1 aromatic carbocycles. The molecule has 0 amide bonds. The second-order valence-corrected chi connectivity index (χ2v) is 4.69. The third-order valence-electron chi connectivity index (χ3n) is 3.86. The van der Waals surface area contributed by atoms with E-state index in [4.69, 9.17) is 4.74 Å². The molecule has 0 aliphatic carbocycles. The van der Waals surface area contributed by atoms with Gasteiger partial charge in [0.05, 0.1) is 7.11 Å². The third-order valence-corrected chi connectivity index (χ3v) is 3.86. The van der Waals surface area contributed by atoms with Gasteiger partial charge in [-0.1, -0.05) is 13.0 Å². The van der Waals surface area contributed by atoms with Gasteiger partial charge < -0.3 is 10.1 Å². The average Bonchev–Trinajstić information content (AvgIpc) is 2.60. The number of methoxy groups -OCH3 is 1. The third kappa shape index (κ3) is 1.69. The van der Waals surface area contributed by atoms with Gasteiger partial charge in [-0.05, 0) is 37.6 Å². The van der Waals surface area contributed by atoms with E-state index in [9.17, 15) is 4.39 Å². The van der Waals surface area contributed by atoms with E-state index < -0.39 is 0 Å². The number of rotatable bonds is 2. The molecule has 16 heavy (non-hydrogen) atoms. The summed E-state index contributed by atoms with van der Waals surface area (Å²) < 4.78 is 18.6. The van der Waals surface area contributed by atoms with E-state index in [1.807, 2.05) is 6.07 Å². The van der Waals surface area contributed by atoms with Crippen LogP contribution in [0.2, 0.25) is 0 Å². The monoisotopic (exact) mass is 223 g/mol. The van der Waals surface area contributed by atoms with Crippen molar-refractivity contribution in [1.82, 2.24) is 5.32 Å². The van der Waals surface area contributed by atoms with Gasteiger partial charge in [0.25, 0.3) is 0 Å². The molecule has 1 aliphatic heterocycles. The van der Waals surface area contributed by atoms with Crippen LogP contribution in [0.5, 0.6) is 5.75 Å². The van der Waals surface area contributed by atoms with Crippen molar-refractivity contribution in [1.29, 1.82) is 0 Å². The maximum atomic E-state index is 13.7. The smallest absolute Gasteiger partial charge is 0.165 e. The molecule has 1 saturated heterocycles. The Morgan fingerprint density at radius 3 is 2.75 bits per heavy atom. The van der Waals surface area contributed by atoms with Gasteiger partial charge in [-0.3, -0.25) is 0 Å². The van der Waals surface area contributed by atoms with E-state index in [-0.39, 0.29) is 11.2 Å². The van der Waals surface area contributed by atoms with Gasteiger partial charge in [-0.2, -0.15) is 0 Å². The van der Waals surface area contributed by atoms with Gasteiger partial charge in [-0.15, -0.1) is 0 Å². The predicted octanol–water partition coefficient (Wildman–Crippen LogP) is 2.47. The summed E-state index contributed by atoms with van der Waals surface area (Å²) in [5.74, 6) is 0.0336. The summed E-state index contributed by atoms with van der Waals surface area (Å²) in [5.41, 5.74) is 1.07. The highest BCUT2D eigenvalue weighted by atomic mass is 19.1. The van der Waals surface area contributed by atoms with E-state index in [2.05, 4.69) is 19.2 Å². The zero-order valence-electron chi connectivity index (χ0n) is 10.0. The molecule has 1 aromatic rings. The summed E-state index contributed by atoms with van der Waals surface area (Å²) in [7, 11) is 1.49. The number of nitrogens with one attached hydrogen (secondary N) is 1. The summed E-state index contributed by atoms with van der Waals surface area (Å²) >= 11 is 0. The average molecular weight is 223 g/mol. The Morgan fingerprint density at radius 1 is 1.50 bits per heavy atom. The summed E-state index contributed by atoms with van der Waals surface area (Å²) in [6.45, 7) is 5.32. The van der Waals surface area contributed by atoms with E-state index in [1.54, 1.807) is 12.1 Å². The fourth-order valence-electron chi connectivity index (χ4n) is 2.41. The molecular formula is C13H18FNO. The molecule has 88 valence electrons. The summed E-state index contributed by atoms with van der Waals surface area (Å²) in [5, 5.41) is 3.40. The largest absolute Gasteiger partial charge is 0.494 e. The molecule has 2 nitrogen and oxygen atoms in total. The first kappa shape index (κ1) is 11.4. The van der Waals surface area contributed by atoms with Crippen molar-refractivity contribution in [2.24, 2.45) is 0 Å². The maximum Gasteiger partial charge on any atom is 0.165 e. The van der Waals surface area contributed by atoms with Gasteiger partial charge in [0.1, 0.15) is 0 Å². The highest BCUT2D eigenvalue weighted by molar-refractivity contribution is 5.35. The predicted molar refractivity (Wildman–Crippen MR) is 62.4 cm³/mol. The fraction of sp³-hybridized carbons (Fsp3) is 0.538. The summed E-state index contributed by atoms with van der Waals surface area (Å²) in [4.78, 5) is 0. The van der Waals surface area contributed by atoms with E-state index in [1.165, 1.54) is 7.11 Å². The number of hydrogen-bond acceptors (Lipinski definition) is 2. The zero-order valence-corrected chi connectivity index (χ0v) is 10.0. The lowest BCUT2D eigenvalue weighted by Crippen LogP contribution is -2.35. The van der Waals surface area contributed by atoms with Crippen LogP contribution in [0.15, 0.2) is 18.2 Å². The lowest BCUT2D eigenvalue weighted by molar-refractivity contribution is 0.381. The van der Waals surface area contributed by atoms with Gasteiger partial charge in [0.15, 0.2) is 11.6 Å². The second kappa shape index (κ2) is 4.06. The topological polar surface area (TPSA) is 21.3 Å². The normalized spacial score (nSPS) is 29.4. The molecule has 2 atom stereocenters. The van der Waals surface area contributed by atoms with Gasteiger partial charge in [-0.25, -0.2) is 4.39 Å². The van der Waals surface area contributed by atoms with Crippen molar-refractivity contribution in [3.05, 3.63) is 29.6 Å². The highest BCUT2D eigenvalue weighted by Gasteiger charge is 2.37. The molecule has 0 bridgehead atoms. The Kier molecular flexibility index (Phi) is 2.89. The lowest BCUT2D eigenvalue weighted by Gasteiger charge is -2.29. The molecule has 2 rings (SSSR count). The van der Waals surface area contributed by atoms with Crippen LogP contribution in [0.3, 0.4) is 0 Å². The highest BCUT2D eigenvalue weighted by Crippen LogP contribution is 2.36. The first-order valence-corrected chi connectivity index (χ1v) is 5.65. The van der Waals surface area contributed by atoms with Crippen LogP contribution in [-0.2, 0) is 5.41 Å². The summed E-state index contributed by atoms with van der Waals surface area (Å²) in [6.07, 6.45) is 1.04. The van der Waals surface area contributed by atoms with E-state index in [0.29, 0.717) is 11.8 Å². The Bertz CT molecular complexity index is 394. The van der Waals surface area contributed by atoms with Crippen LogP contribution in [0.4, 0.5) is 4.39 Å². The number of hydrogen-bond donors (Lipinski definition) is 1. The van der Waals surface area contributed by atoms with Crippen LogP contribution >= 0.6 is 0 Å². The fourth-order valence-corrected chi connectivity index (χ4v) is 2.41. The lowest BCUT2D eigenvalue weighted by atomic mass is 9.77. The van der Waals surface area contributed by atoms with Crippen LogP contribution < -0.4 is 10.1 Å². The number of benzene rings is 1. The molecule has 0 spiro atoms. The van der Waals surface area contributed by atoms with Gasteiger partial charge in [0, 0.05) is 11.5 Å². The van der Waals surface area contributed by atoms with Crippen LogP contribution in [0, 0.1) is 5.82 Å². The molecule has 0 radical (unpaired) electrons. The zero-order chi connectivity index (χ0) is 11.8. The van der Waals surface area contributed by atoms with E-state index in [0.717, 1.165) is 18.5 Å². The molecule has 1 heterocycles. The minimum Gasteiger partial charge on any atom is -0.494 e. The van der Waals surface area contributed by atoms with Crippen LogP contribution in [-0.4, -0.2) is 19.7 Å². The van der Waals surface area contributed by atoms with E-state index >= 15 is 0 Å². The standard InChI is InChI=1S/C13H18FNO/c1-9-13(2,6-7-15-9)10-4-5-12(16-3)11(14)8-10/h4-5,8-9,15H,6-7H2,1-3H3. The van der Waals surface area contributed by atoms with Crippen molar-refractivity contribution in [3.63, 3.8) is 0 Å². The minimum absolute atomic E-state index is 0.0209. The van der Waals surface area contributed by atoms with Crippen molar-refractivity contribution in [2.75, 3.05) is 13.7 Å². The molecular weight excluding hydrogens is 205 g/mol. The Hall–Kier alpha value is -1.09. The molecule has 0 aromatic heterocycles. The second-order valence-electron chi connectivity index (χ2n) is 4.69. The van der Waals surface area contributed by atoms with Gasteiger partial charge in [0.2, 0.25) is 0 Å². The van der Waals surface area contributed by atoms with Crippen molar-refractivity contribution in [2.45, 2.75) is 31.7 Å². The Labute approximate surface area is 95.8 Å². The molecule has 1 fully saturated rings. The molecule has 0 saturated carbocycles. The maximum absolute atomic E-state index is 13.7. The first-order chi connectivity index (χ1) is 7.58. The van der Waals surface area contributed by atoms with Crippen LogP contribution in [0.25, 0.3) is 0 Å². The molecule has 3 heteroatoms. The number of ether oxygens (including phenoxy) is 1. The number of halogens is 1. The first-order valence-electron chi connectivity index (χ1n) is 5.65. The van der Waals surface area contributed by atoms with Crippen molar-refractivity contribution in [3.8, 4) is 5.75 Å². The van der Waals surface area contributed by atoms with Gasteiger partial charge >= 0.3 is 0 Å². The minimum atomic E-state index is -0.277. The van der Waals surface area contributed by atoms with Crippen molar-refractivity contribution < 1.29 is 9.13 Å². The van der Waals surface area contributed by atoms with Crippen LogP contribution in [0.1, 0.15) is 25.8 Å². The molecule has 1 N–H and O–H groups in total. The molecule has 2 unspecified atom stereocenters. The molecule has 1 aliphatic rings. The van der Waals surface area contributed by atoms with Crippen molar-refractivity contribution >= 4 is 0 Å².